The first-order valence-electron chi connectivity index (χ1n) is 4.18. The number of nitrogens with zero attached hydrogens (tertiary/aromatic N) is 2. The van der Waals surface area contributed by atoms with Gasteiger partial charge in [0.15, 0.2) is 11.9 Å². The Balaban J connectivity index is 2.55. The molecule has 0 bridgehead atoms. The van der Waals surface area contributed by atoms with Crippen LogP contribution in [-0.4, -0.2) is 21.9 Å². The lowest BCUT2D eigenvalue weighted by Gasteiger charge is -2.04. The summed E-state index contributed by atoms with van der Waals surface area (Å²) in [6.07, 6.45) is 1.18. The van der Waals surface area contributed by atoms with Gasteiger partial charge in [-0.3, -0.25) is 10.00 Å². The van der Waals surface area contributed by atoms with Crippen molar-refractivity contribution in [3.8, 4) is 0 Å². The molecule has 0 aliphatic carbocycles. The van der Waals surface area contributed by atoms with E-state index in [0.717, 1.165) is 0 Å². The van der Waals surface area contributed by atoms with Crippen LogP contribution < -0.4 is 5.32 Å². The average Bonchev–Trinajstić information content (AvgIpc) is 2.53. The summed E-state index contributed by atoms with van der Waals surface area (Å²) >= 11 is 5.21. The molecule has 1 amide bonds. The van der Waals surface area contributed by atoms with E-state index < -0.39 is 6.09 Å². The van der Waals surface area contributed by atoms with Crippen LogP contribution in [0.3, 0.4) is 0 Å². The molecule has 1 aromatic heterocycles. The van der Waals surface area contributed by atoms with Crippen molar-refractivity contribution in [1.29, 1.82) is 0 Å². The van der Waals surface area contributed by atoms with Crippen molar-refractivity contribution in [2.75, 3.05) is 11.4 Å². The maximum atomic E-state index is 10.9. The summed E-state index contributed by atoms with van der Waals surface area (Å²) in [4.78, 5) is 10.9. The Morgan fingerprint density at radius 2 is 2.50 bits per heavy atom. The highest BCUT2D eigenvalue weighted by Crippen LogP contribution is 2.08. The fourth-order valence-corrected chi connectivity index (χ4v) is 0.982. The van der Waals surface area contributed by atoms with Crippen LogP contribution in [-0.2, 0) is 4.74 Å². The highest BCUT2D eigenvalue weighted by Gasteiger charge is 2.06. The first-order chi connectivity index (χ1) is 6.63. The molecular formula is C8H12ClN3O2. The van der Waals surface area contributed by atoms with Crippen molar-refractivity contribution in [3.63, 3.8) is 0 Å². The Labute approximate surface area is 87.0 Å². The predicted octanol–water partition coefficient (Wildman–Crippen LogP) is 2.21. The molecule has 0 fully saturated rings. The smallest absolute Gasteiger partial charge is 0.414 e. The number of carbonyl (C=O) groups excluding carboxylic acids is 1. The third-order valence-corrected chi connectivity index (χ3v) is 1.66. The minimum atomic E-state index is -0.603. The number of hydrogen-bond donors (Lipinski definition) is 1. The maximum Gasteiger partial charge on any atom is 0.414 e. The molecule has 0 aliphatic rings. The molecule has 5 nitrogen and oxygen atoms in total. The summed E-state index contributed by atoms with van der Waals surface area (Å²) in [7, 11) is 0. The number of rotatable bonds is 3. The molecule has 6 heteroatoms. The standard InChI is InChI=1S/C8H12ClN3O2/c1-6(2)12-4-3-7(11-12)10-8(13)14-5-9/h3-4,6H,5H2,1-2H3,(H,10,11,13). The van der Waals surface area contributed by atoms with Gasteiger partial charge in [-0.05, 0) is 13.8 Å². The molecule has 1 N–H and O–H groups in total. The Morgan fingerprint density at radius 1 is 1.79 bits per heavy atom. The number of ether oxygens (including phenoxy) is 1. The molecule has 14 heavy (non-hydrogen) atoms. The van der Waals surface area contributed by atoms with Gasteiger partial charge in [-0.25, -0.2) is 4.79 Å². The van der Waals surface area contributed by atoms with E-state index >= 15 is 0 Å². The van der Waals surface area contributed by atoms with Crippen LogP contribution in [0.2, 0.25) is 0 Å². The van der Waals surface area contributed by atoms with E-state index in [9.17, 15) is 4.79 Å². The number of carbonyl (C=O) groups is 1. The van der Waals surface area contributed by atoms with Crippen molar-refractivity contribution >= 4 is 23.5 Å². The van der Waals surface area contributed by atoms with Crippen molar-refractivity contribution in [3.05, 3.63) is 12.3 Å². The van der Waals surface area contributed by atoms with Gasteiger partial charge in [0.1, 0.15) is 0 Å². The van der Waals surface area contributed by atoms with Crippen molar-refractivity contribution in [1.82, 2.24) is 9.78 Å². The lowest BCUT2D eigenvalue weighted by Crippen LogP contribution is -2.13. The van der Waals surface area contributed by atoms with Gasteiger partial charge in [0.2, 0.25) is 0 Å². The first kappa shape index (κ1) is 10.8. The molecule has 0 saturated carbocycles. The molecule has 0 radical (unpaired) electrons. The van der Waals surface area contributed by atoms with Gasteiger partial charge in [0, 0.05) is 18.3 Å². The summed E-state index contributed by atoms with van der Waals surface area (Å²) in [5.41, 5.74) is 0. The number of anilines is 1. The molecule has 0 spiro atoms. The lowest BCUT2D eigenvalue weighted by atomic mass is 10.4. The molecule has 78 valence electrons. The lowest BCUT2D eigenvalue weighted by molar-refractivity contribution is 0.180. The van der Waals surface area contributed by atoms with E-state index in [1.807, 2.05) is 13.8 Å². The first-order valence-corrected chi connectivity index (χ1v) is 4.72. The van der Waals surface area contributed by atoms with E-state index in [1.54, 1.807) is 16.9 Å². The van der Waals surface area contributed by atoms with E-state index in [4.69, 9.17) is 11.6 Å². The third-order valence-electron chi connectivity index (χ3n) is 1.55. The van der Waals surface area contributed by atoms with Crippen LogP contribution in [0.5, 0.6) is 0 Å². The second-order valence-electron chi connectivity index (χ2n) is 2.94. The number of amides is 1. The van der Waals surface area contributed by atoms with Crippen LogP contribution in [0.25, 0.3) is 0 Å². The summed E-state index contributed by atoms with van der Waals surface area (Å²) < 4.78 is 6.21. The topological polar surface area (TPSA) is 56.2 Å². The van der Waals surface area contributed by atoms with Crippen molar-refractivity contribution in [2.24, 2.45) is 0 Å². The van der Waals surface area contributed by atoms with Gasteiger partial charge in [-0.15, -0.1) is 0 Å². The normalized spacial score (nSPS) is 10.3. The van der Waals surface area contributed by atoms with Gasteiger partial charge in [-0.2, -0.15) is 5.10 Å². The zero-order valence-corrected chi connectivity index (χ0v) is 8.78. The molecule has 0 atom stereocenters. The van der Waals surface area contributed by atoms with Crippen LogP contribution in [0, 0.1) is 0 Å². The zero-order chi connectivity index (χ0) is 10.6. The Kier molecular flexibility index (Phi) is 3.76. The van der Waals surface area contributed by atoms with Crippen LogP contribution in [0.4, 0.5) is 10.6 Å². The van der Waals surface area contributed by atoms with Gasteiger partial charge in [0.25, 0.3) is 0 Å². The van der Waals surface area contributed by atoms with Crippen LogP contribution in [0.15, 0.2) is 12.3 Å². The number of aromatic nitrogens is 2. The predicted molar refractivity (Wildman–Crippen MR) is 53.4 cm³/mol. The van der Waals surface area contributed by atoms with Gasteiger partial charge in [0.05, 0.1) is 0 Å². The Hall–Kier alpha value is -1.23. The fourth-order valence-electron chi connectivity index (χ4n) is 0.883. The van der Waals surface area contributed by atoms with Crippen molar-refractivity contribution < 1.29 is 9.53 Å². The quantitative estimate of drug-likeness (QED) is 0.790. The summed E-state index contributed by atoms with van der Waals surface area (Å²) in [5.74, 6) is 0.453. The maximum absolute atomic E-state index is 10.9. The second-order valence-corrected chi connectivity index (χ2v) is 3.16. The number of halogens is 1. The molecule has 1 heterocycles. The minimum Gasteiger partial charge on any atom is -0.433 e. The highest BCUT2D eigenvalue weighted by molar-refractivity contribution is 6.17. The van der Waals surface area contributed by atoms with Gasteiger partial charge >= 0.3 is 6.09 Å². The Morgan fingerprint density at radius 3 is 3.00 bits per heavy atom. The molecule has 0 aliphatic heterocycles. The minimum absolute atomic E-state index is 0.170. The average molecular weight is 218 g/mol. The molecule has 0 saturated heterocycles. The second kappa shape index (κ2) is 4.85. The largest absolute Gasteiger partial charge is 0.433 e. The van der Waals surface area contributed by atoms with Gasteiger partial charge < -0.3 is 4.74 Å². The van der Waals surface area contributed by atoms with E-state index in [0.29, 0.717) is 5.82 Å². The molecular weight excluding hydrogens is 206 g/mol. The summed E-state index contributed by atoms with van der Waals surface area (Å²) in [6, 6.07) is 1.78. The molecule has 1 rings (SSSR count). The van der Waals surface area contributed by atoms with E-state index in [2.05, 4.69) is 15.2 Å². The third kappa shape index (κ3) is 2.92. The Bertz CT molecular complexity index is 311. The fraction of sp³-hybridized carbons (Fsp3) is 0.500. The van der Waals surface area contributed by atoms with E-state index in [-0.39, 0.29) is 12.1 Å². The molecule has 0 unspecified atom stereocenters. The SMILES string of the molecule is CC(C)n1ccc(NC(=O)OCCl)n1. The van der Waals surface area contributed by atoms with Crippen molar-refractivity contribution in [2.45, 2.75) is 19.9 Å². The van der Waals surface area contributed by atoms with Gasteiger partial charge in [-0.1, -0.05) is 11.6 Å². The molecule has 1 aromatic rings. The number of nitrogens with one attached hydrogen (secondary N) is 1. The van der Waals surface area contributed by atoms with E-state index in [1.165, 1.54) is 0 Å². The summed E-state index contributed by atoms with van der Waals surface area (Å²) in [5, 5.41) is 6.53. The number of alkyl halides is 1. The summed E-state index contributed by atoms with van der Waals surface area (Å²) in [6.45, 7) is 3.99. The van der Waals surface area contributed by atoms with Crippen LogP contribution >= 0.6 is 11.6 Å². The zero-order valence-electron chi connectivity index (χ0n) is 8.03. The molecule has 0 aromatic carbocycles. The highest BCUT2D eigenvalue weighted by atomic mass is 35.5. The van der Waals surface area contributed by atoms with Crippen LogP contribution in [0.1, 0.15) is 19.9 Å². The monoisotopic (exact) mass is 217 g/mol. The number of hydrogen-bond acceptors (Lipinski definition) is 3.